The van der Waals surface area contributed by atoms with Crippen LogP contribution in [-0.2, 0) is 14.3 Å². The Labute approximate surface area is 126 Å². The van der Waals surface area contributed by atoms with E-state index >= 15 is 0 Å². The highest BCUT2D eigenvalue weighted by Crippen LogP contribution is 2.10. The van der Waals surface area contributed by atoms with Gasteiger partial charge in [0.25, 0.3) is 5.69 Å². The number of nitrogens with zero attached hydrogens (tertiary/aromatic N) is 2. The summed E-state index contributed by atoms with van der Waals surface area (Å²) in [6.45, 7) is 0.695. The molecule has 2 amide bonds. The molecule has 0 aliphatic carbocycles. The van der Waals surface area contributed by atoms with E-state index in [2.05, 4.69) is 15.8 Å². The monoisotopic (exact) mass is 308 g/mol. The highest BCUT2D eigenvalue weighted by atomic mass is 16.6. The standard InChI is InChI=1S/C13H16N4O5/c1-22-7-6-14-12(18)8-13(19)16-15-9-10-2-4-11(5-3-10)17(20)21/h2-5,9H,6-8H2,1H3,(H,14,18)(H,16,19). The number of benzene rings is 1. The Kier molecular flexibility index (Phi) is 7.20. The van der Waals surface area contributed by atoms with E-state index in [1.807, 2.05) is 0 Å². The molecule has 0 spiro atoms. The molecule has 0 unspecified atom stereocenters. The molecule has 22 heavy (non-hydrogen) atoms. The van der Waals surface area contributed by atoms with Crippen LogP contribution in [0, 0.1) is 10.1 Å². The van der Waals surface area contributed by atoms with Crippen LogP contribution in [0.1, 0.15) is 12.0 Å². The number of non-ortho nitro benzene ring substituents is 1. The first-order valence-corrected chi connectivity index (χ1v) is 6.35. The van der Waals surface area contributed by atoms with Crippen molar-refractivity contribution in [2.75, 3.05) is 20.3 Å². The minimum atomic E-state index is -0.562. The van der Waals surface area contributed by atoms with Crippen LogP contribution in [0.15, 0.2) is 29.4 Å². The second kappa shape index (κ2) is 9.19. The van der Waals surface area contributed by atoms with E-state index in [0.29, 0.717) is 18.7 Å². The van der Waals surface area contributed by atoms with Crippen molar-refractivity contribution in [1.82, 2.24) is 10.7 Å². The van der Waals surface area contributed by atoms with Crippen molar-refractivity contribution in [3.63, 3.8) is 0 Å². The van der Waals surface area contributed by atoms with Crippen LogP contribution in [0.25, 0.3) is 0 Å². The number of nitrogens with one attached hydrogen (secondary N) is 2. The van der Waals surface area contributed by atoms with Crippen LogP contribution in [0.5, 0.6) is 0 Å². The van der Waals surface area contributed by atoms with Crippen molar-refractivity contribution in [3.8, 4) is 0 Å². The zero-order valence-corrected chi connectivity index (χ0v) is 11.9. The third kappa shape index (κ3) is 6.57. The summed E-state index contributed by atoms with van der Waals surface area (Å²) in [6.07, 6.45) is 0.978. The molecule has 0 bridgehead atoms. The number of rotatable bonds is 8. The lowest BCUT2D eigenvalue weighted by atomic mass is 10.2. The average Bonchev–Trinajstić information content (AvgIpc) is 2.48. The molecule has 9 nitrogen and oxygen atoms in total. The molecule has 0 saturated heterocycles. The van der Waals surface area contributed by atoms with Crippen molar-refractivity contribution in [2.24, 2.45) is 5.10 Å². The van der Waals surface area contributed by atoms with Gasteiger partial charge in [-0.2, -0.15) is 5.10 Å². The molecule has 0 radical (unpaired) electrons. The number of hydrogen-bond donors (Lipinski definition) is 2. The lowest BCUT2D eigenvalue weighted by molar-refractivity contribution is -0.384. The van der Waals surface area contributed by atoms with E-state index in [0.717, 1.165) is 0 Å². The molecular formula is C13H16N4O5. The van der Waals surface area contributed by atoms with Crippen molar-refractivity contribution >= 4 is 23.7 Å². The molecule has 9 heteroatoms. The summed E-state index contributed by atoms with van der Waals surface area (Å²) in [4.78, 5) is 32.7. The number of hydrazone groups is 1. The Morgan fingerprint density at radius 1 is 1.32 bits per heavy atom. The van der Waals surface area contributed by atoms with E-state index < -0.39 is 16.7 Å². The van der Waals surface area contributed by atoms with Crippen molar-refractivity contribution in [3.05, 3.63) is 39.9 Å². The minimum Gasteiger partial charge on any atom is -0.383 e. The molecule has 0 atom stereocenters. The Hall–Kier alpha value is -2.81. The normalized spacial score (nSPS) is 10.4. The topological polar surface area (TPSA) is 123 Å². The fourth-order valence-electron chi connectivity index (χ4n) is 1.40. The maximum Gasteiger partial charge on any atom is 0.269 e. The molecule has 0 heterocycles. The quantitative estimate of drug-likeness (QED) is 0.233. The summed E-state index contributed by atoms with van der Waals surface area (Å²) in [6, 6.07) is 5.63. The van der Waals surface area contributed by atoms with E-state index in [1.165, 1.54) is 37.6 Å². The van der Waals surface area contributed by atoms with Gasteiger partial charge in [-0.05, 0) is 17.7 Å². The molecule has 0 saturated carbocycles. The van der Waals surface area contributed by atoms with Gasteiger partial charge >= 0.3 is 0 Å². The molecular weight excluding hydrogens is 292 g/mol. The summed E-state index contributed by atoms with van der Waals surface area (Å²) in [7, 11) is 1.51. The first-order valence-electron chi connectivity index (χ1n) is 6.35. The van der Waals surface area contributed by atoms with Crippen LogP contribution in [0.3, 0.4) is 0 Å². The summed E-state index contributed by atoms with van der Waals surface area (Å²) in [5, 5.41) is 16.6. The van der Waals surface area contributed by atoms with E-state index in [1.54, 1.807) is 0 Å². The highest BCUT2D eigenvalue weighted by Gasteiger charge is 2.07. The van der Waals surface area contributed by atoms with Gasteiger partial charge in [0, 0.05) is 25.8 Å². The van der Waals surface area contributed by atoms with Gasteiger partial charge in [0.1, 0.15) is 6.42 Å². The summed E-state index contributed by atoms with van der Waals surface area (Å²) >= 11 is 0. The fraction of sp³-hybridized carbons (Fsp3) is 0.308. The van der Waals surface area contributed by atoms with E-state index in [9.17, 15) is 19.7 Å². The molecule has 0 fully saturated rings. The molecule has 0 aromatic heterocycles. The summed E-state index contributed by atoms with van der Waals surface area (Å²) < 4.78 is 4.75. The number of carbonyl (C=O) groups is 2. The third-order valence-corrected chi connectivity index (χ3v) is 2.46. The Balaban J connectivity index is 2.36. The zero-order valence-electron chi connectivity index (χ0n) is 11.9. The van der Waals surface area contributed by atoms with E-state index in [4.69, 9.17) is 4.74 Å². The van der Waals surface area contributed by atoms with Crippen molar-refractivity contribution < 1.29 is 19.2 Å². The number of methoxy groups -OCH3 is 1. The number of hydrogen-bond acceptors (Lipinski definition) is 6. The average molecular weight is 308 g/mol. The zero-order chi connectivity index (χ0) is 16.4. The SMILES string of the molecule is COCCNC(=O)CC(=O)NN=Cc1ccc([N+](=O)[O-])cc1. The Morgan fingerprint density at radius 2 is 2.00 bits per heavy atom. The Bertz CT molecular complexity index is 556. The van der Waals surface area contributed by atoms with Gasteiger partial charge in [-0.15, -0.1) is 0 Å². The van der Waals surface area contributed by atoms with Gasteiger partial charge in [0.05, 0.1) is 17.7 Å². The Morgan fingerprint density at radius 3 is 2.59 bits per heavy atom. The number of nitro benzene ring substituents is 1. The molecule has 1 aromatic carbocycles. The van der Waals surface area contributed by atoms with Crippen LogP contribution in [-0.4, -0.2) is 43.2 Å². The molecule has 118 valence electrons. The molecule has 0 aliphatic heterocycles. The van der Waals surface area contributed by atoms with Crippen LogP contribution < -0.4 is 10.7 Å². The highest BCUT2D eigenvalue weighted by molar-refractivity contribution is 5.97. The smallest absolute Gasteiger partial charge is 0.269 e. The number of nitro groups is 1. The van der Waals surface area contributed by atoms with Gasteiger partial charge in [-0.25, -0.2) is 5.43 Å². The van der Waals surface area contributed by atoms with E-state index in [-0.39, 0.29) is 12.1 Å². The number of ether oxygens (including phenoxy) is 1. The molecule has 0 aliphatic rings. The largest absolute Gasteiger partial charge is 0.383 e. The maximum atomic E-state index is 11.4. The molecule has 1 rings (SSSR count). The number of carbonyl (C=O) groups excluding carboxylic acids is 2. The van der Waals surface area contributed by atoms with Gasteiger partial charge < -0.3 is 10.1 Å². The lowest BCUT2D eigenvalue weighted by Gasteiger charge is -2.03. The third-order valence-electron chi connectivity index (χ3n) is 2.46. The van der Waals surface area contributed by atoms with Crippen LogP contribution in [0.4, 0.5) is 5.69 Å². The van der Waals surface area contributed by atoms with Gasteiger partial charge in [-0.3, -0.25) is 19.7 Å². The van der Waals surface area contributed by atoms with Gasteiger partial charge in [0.15, 0.2) is 0 Å². The predicted octanol–water partition coefficient (Wildman–Crippen LogP) is 0.198. The second-order valence-corrected chi connectivity index (χ2v) is 4.16. The lowest BCUT2D eigenvalue weighted by Crippen LogP contribution is -2.31. The first-order chi connectivity index (χ1) is 10.5. The van der Waals surface area contributed by atoms with Gasteiger partial charge in [-0.1, -0.05) is 0 Å². The molecule has 2 N–H and O–H groups in total. The van der Waals surface area contributed by atoms with Crippen LogP contribution in [0.2, 0.25) is 0 Å². The minimum absolute atomic E-state index is 0.0334. The molecule has 1 aromatic rings. The second-order valence-electron chi connectivity index (χ2n) is 4.16. The van der Waals surface area contributed by atoms with Crippen molar-refractivity contribution in [1.29, 1.82) is 0 Å². The first kappa shape index (κ1) is 17.2. The maximum absolute atomic E-state index is 11.4. The fourth-order valence-corrected chi connectivity index (χ4v) is 1.40. The summed E-state index contributed by atoms with van der Waals surface area (Å²) in [5.41, 5.74) is 2.74. The summed E-state index contributed by atoms with van der Waals surface area (Å²) in [5.74, 6) is -0.992. The number of amides is 2. The van der Waals surface area contributed by atoms with Crippen molar-refractivity contribution in [2.45, 2.75) is 6.42 Å². The predicted molar refractivity (Wildman–Crippen MR) is 78.3 cm³/mol. The van der Waals surface area contributed by atoms with Crippen LogP contribution >= 0.6 is 0 Å². The van der Waals surface area contributed by atoms with Gasteiger partial charge in [0.2, 0.25) is 11.8 Å².